The van der Waals surface area contributed by atoms with Gasteiger partial charge in [0.2, 0.25) is 0 Å². The van der Waals surface area contributed by atoms with Crippen LogP contribution in [0.1, 0.15) is 18.9 Å². The predicted molar refractivity (Wildman–Crippen MR) is 74.7 cm³/mol. The Bertz CT molecular complexity index is 681. The highest BCUT2D eigenvalue weighted by Crippen LogP contribution is 2.26. The number of carbonyl (C=O) groups is 1. The van der Waals surface area contributed by atoms with Crippen LogP contribution in [0.2, 0.25) is 0 Å². The molecule has 0 amide bonds. The van der Waals surface area contributed by atoms with Crippen molar-refractivity contribution in [1.82, 2.24) is 14.8 Å². The monoisotopic (exact) mass is 332 g/mol. The Balaban J connectivity index is 0.000000236. The molecule has 126 valence electrons. The Kier molecular flexibility index (Phi) is 5.04. The standard InChI is InChI=1S/C11H14N4O.C2HF3O2/c12-10-1-4-13-11-9(10)7-14-15(11)8-2-5-16-6-3-8;3-2(4,5)1(6)7/h1,4,7-8H,2-3,5-6H2,(H2,12,13);(H,6,7). The van der Waals surface area contributed by atoms with E-state index in [4.69, 9.17) is 20.4 Å². The molecule has 0 aromatic carbocycles. The second-order valence-corrected chi connectivity index (χ2v) is 4.87. The Morgan fingerprint density at radius 2 is 2.00 bits per heavy atom. The number of rotatable bonds is 1. The summed E-state index contributed by atoms with van der Waals surface area (Å²) in [6.07, 6.45) is 0.433. The van der Waals surface area contributed by atoms with Crippen LogP contribution in [-0.2, 0) is 9.53 Å². The summed E-state index contributed by atoms with van der Waals surface area (Å²) in [6, 6.07) is 2.19. The molecular weight excluding hydrogens is 317 g/mol. The third-order valence-electron chi connectivity index (χ3n) is 3.31. The van der Waals surface area contributed by atoms with E-state index in [0.717, 1.165) is 42.8 Å². The van der Waals surface area contributed by atoms with Gasteiger partial charge in [-0.3, -0.25) is 0 Å². The summed E-state index contributed by atoms with van der Waals surface area (Å²) in [7, 11) is 0. The Hall–Kier alpha value is -2.36. The smallest absolute Gasteiger partial charge is 0.475 e. The lowest BCUT2D eigenvalue weighted by atomic mass is 10.1. The van der Waals surface area contributed by atoms with Gasteiger partial charge >= 0.3 is 12.1 Å². The van der Waals surface area contributed by atoms with Crippen LogP contribution in [0.3, 0.4) is 0 Å². The molecule has 2 aromatic heterocycles. The topological polar surface area (TPSA) is 103 Å². The number of hydrogen-bond donors (Lipinski definition) is 2. The number of pyridine rings is 1. The maximum absolute atomic E-state index is 10.6. The molecule has 1 aliphatic rings. The number of ether oxygens (including phenoxy) is 1. The lowest BCUT2D eigenvalue weighted by molar-refractivity contribution is -0.192. The largest absolute Gasteiger partial charge is 0.490 e. The van der Waals surface area contributed by atoms with Gasteiger partial charge in [0.05, 0.1) is 17.6 Å². The van der Waals surface area contributed by atoms with Crippen molar-refractivity contribution in [1.29, 1.82) is 0 Å². The van der Waals surface area contributed by atoms with Crippen LogP contribution < -0.4 is 5.73 Å². The first-order valence-electron chi connectivity index (χ1n) is 6.76. The molecule has 3 rings (SSSR count). The average molecular weight is 332 g/mol. The number of nitrogen functional groups attached to an aromatic ring is 1. The molecule has 0 aliphatic carbocycles. The van der Waals surface area contributed by atoms with E-state index in [1.165, 1.54) is 0 Å². The Labute approximate surface area is 128 Å². The number of nitrogens with two attached hydrogens (primary N) is 1. The highest BCUT2D eigenvalue weighted by atomic mass is 19.4. The highest BCUT2D eigenvalue weighted by Gasteiger charge is 2.38. The van der Waals surface area contributed by atoms with Crippen molar-refractivity contribution in [3.05, 3.63) is 18.5 Å². The predicted octanol–water partition coefficient (Wildman–Crippen LogP) is 2.00. The van der Waals surface area contributed by atoms with Crippen molar-refractivity contribution >= 4 is 22.7 Å². The second-order valence-electron chi connectivity index (χ2n) is 4.87. The summed E-state index contributed by atoms with van der Waals surface area (Å²) in [5, 5.41) is 12.5. The van der Waals surface area contributed by atoms with Gasteiger partial charge < -0.3 is 15.6 Å². The number of aliphatic carboxylic acids is 1. The lowest BCUT2D eigenvalue weighted by Crippen LogP contribution is -2.21. The van der Waals surface area contributed by atoms with E-state index in [0.29, 0.717) is 6.04 Å². The van der Waals surface area contributed by atoms with Crippen LogP contribution in [-0.4, -0.2) is 45.2 Å². The quantitative estimate of drug-likeness (QED) is 0.828. The molecule has 0 bridgehead atoms. The molecule has 1 saturated heterocycles. The number of halogens is 3. The maximum Gasteiger partial charge on any atom is 0.490 e. The molecule has 1 fully saturated rings. The minimum absolute atomic E-state index is 0.389. The molecule has 0 radical (unpaired) electrons. The average Bonchev–Trinajstić information content (AvgIpc) is 2.93. The molecule has 0 spiro atoms. The zero-order valence-corrected chi connectivity index (χ0v) is 12.0. The summed E-state index contributed by atoms with van der Waals surface area (Å²) in [6.45, 7) is 1.60. The van der Waals surface area contributed by atoms with Gasteiger partial charge in [-0.2, -0.15) is 18.3 Å². The molecule has 3 N–H and O–H groups in total. The SMILES string of the molecule is Nc1ccnc2c1cnn2C1CCOCC1.O=C(O)C(F)(F)F. The second kappa shape index (κ2) is 6.82. The Morgan fingerprint density at radius 3 is 2.57 bits per heavy atom. The first-order valence-corrected chi connectivity index (χ1v) is 6.76. The number of hydrogen-bond acceptors (Lipinski definition) is 5. The molecule has 23 heavy (non-hydrogen) atoms. The summed E-state index contributed by atoms with van der Waals surface area (Å²) < 4.78 is 39.1. The first kappa shape index (κ1) is 17.0. The number of carboxylic acid groups (broad SMARTS) is 1. The van der Waals surface area contributed by atoms with Gasteiger partial charge in [-0.1, -0.05) is 0 Å². The summed E-state index contributed by atoms with van der Waals surface area (Å²) in [5.74, 6) is -2.76. The van der Waals surface area contributed by atoms with E-state index in [9.17, 15) is 13.2 Å². The van der Waals surface area contributed by atoms with Gasteiger partial charge in [-0.05, 0) is 18.9 Å². The molecule has 2 aromatic rings. The van der Waals surface area contributed by atoms with Gasteiger partial charge in [0.15, 0.2) is 5.65 Å². The van der Waals surface area contributed by atoms with Crippen molar-refractivity contribution in [3.63, 3.8) is 0 Å². The fourth-order valence-electron chi connectivity index (χ4n) is 2.16. The van der Waals surface area contributed by atoms with Crippen LogP contribution in [0.15, 0.2) is 18.5 Å². The van der Waals surface area contributed by atoms with Crippen LogP contribution in [0, 0.1) is 0 Å². The zero-order chi connectivity index (χ0) is 17.0. The summed E-state index contributed by atoms with van der Waals surface area (Å²) in [4.78, 5) is 13.3. The number of carboxylic acids is 1. The molecule has 0 unspecified atom stereocenters. The van der Waals surface area contributed by atoms with Gasteiger partial charge in [-0.25, -0.2) is 14.5 Å². The van der Waals surface area contributed by atoms with Crippen molar-refractivity contribution in [2.24, 2.45) is 0 Å². The molecule has 3 heterocycles. The summed E-state index contributed by atoms with van der Waals surface area (Å²) in [5.41, 5.74) is 7.50. The first-order chi connectivity index (χ1) is 10.8. The third-order valence-corrected chi connectivity index (χ3v) is 3.31. The fourth-order valence-corrected chi connectivity index (χ4v) is 2.16. The van der Waals surface area contributed by atoms with Crippen LogP contribution in [0.25, 0.3) is 11.0 Å². The minimum Gasteiger partial charge on any atom is -0.475 e. The van der Waals surface area contributed by atoms with Crippen LogP contribution in [0.5, 0.6) is 0 Å². The maximum atomic E-state index is 10.6. The number of alkyl halides is 3. The van der Waals surface area contributed by atoms with E-state index in [2.05, 4.69) is 10.1 Å². The minimum atomic E-state index is -5.08. The number of fused-ring (bicyclic) bond motifs is 1. The Morgan fingerprint density at radius 1 is 1.39 bits per heavy atom. The zero-order valence-electron chi connectivity index (χ0n) is 12.0. The van der Waals surface area contributed by atoms with Crippen molar-refractivity contribution in [2.75, 3.05) is 18.9 Å². The normalized spacial score (nSPS) is 16.0. The number of aromatic nitrogens is 3. The number of nitrogens with zero attached hydrogens (tertiary/aromatic N) is 3. The molecular formula is C13H15F3N4O3. The van der Waals surface area contributed by atoms with E-state index in [1.807, 2.05) is 4.68 Å². The van der Waals surface area contributed by atoms with Crippen LogP contribution >= 0.6 is 0 Å². The van der Waals surface area contributed by atoms with Crippen molar-refractivity contribution in [2.45, 2.75) is 25.1 Å². The van der Waals surface area contributed by atoms with Crippen molar-refractivity contribution in [3.8, 4) is 0 Å². The molecule has 0 atom stereocenters. The highest BCUT2D eigenvalue weighted by molar-refractivity contribution is 5.87. The lowest BCUT2D eigenvalue weighted by Gasteiger charge is -2.22. The van der Waals surface area contributed by atoms with Gasteiger partial charge in [0.25, 0.3) is 0 Å². The molecule has 10 heteroatoms. The number of anilines is 1. The fraction of sp³-hybridized carbons (Fsp3) is 0.462. The van der Waals surface area contributed by atoms with Gasteiger partial charge in [-0.15, -0.1) is 0 Å². The van der Waals surface area contributed by atoms with E-state index in [-0.39, 0.29) is 0 Å². The molecule has 7 nitrogen and oxygen atoms in total. The van der Waals surface area contributed by atoms with E-state index in [1.54, 1.807) is 18.5 Å². The van der Waals surface area contributed by atoms with Crippen molar-refractivity contribution < 1.29 is 27.8 Å². The molecule has 0 saturated carbocycles. The van der Waals surface area contributed by atoms with Gasteiger partial charge in [0.1, 0.15) is 0 Å². The van der Waals surface area contributed by atoms with E-state index < -0.39 is 12.1 Å². The third kappa shape index (κ3) is 4.09. The van der Waals surface area contributed by atoms with E-state index >= 15 is 0 Å². The summed E-state index contributed by atoms with van der Waals surface area (Å²) >= 11 is 0. The van der Waals surface area contributed by atoms with Crippen LogP contribution in [0.4, 0.5) is 18.9 Å². The molecule has 1 aliphatic heterocycles. The van der Waals surface area contributed by atoms with Gasteiger partial charge in [0, 0.05) is 25.1 Å².